The summed E-state index contributed by atoms with van der Waals surface area (Å²) in [4.78, 5) is 4.72. The number of nitrogens with one attached hydrogen (secondary N) is 1. The van der Waals surface area contributed by atoms with Gasteiger partial charge in [-0.25, -0.2) is 4.98 Å². The molecule has 0 spiro atoms. The topological polar surface area (TPSA) is 46.9 Å². The lowest BCUT2D eigenvalue weighted by molar-refractivity contribution is 0.555. The third-order valence-corrected chi connectivity index (χ3v) is 5.08. The Morgan fingerprint density at radius 1 is 1.56 bits per heavy atom. The van der Waals surface area contributed by atoms with E-state index in [1.807, 2.05) is 0 Å². The summed E-state index contributed by atoms with van der Waals surface area (Å²) in [6, 6.07) is 0. The van der Waals surface area contributed by atoms with E-state index in [0.29, 0.717) is 0 Å². The van der Waals surface area contributed by atoms with Gasteiger partial charge in [-0.15, -0.1) is 0 Å². The number of nitrogens with zero attached hydrogens (tertiary/aromatic N) is 2. The normalized spacial score (nSPS) is 18.4. The van der Waals surface area contributed by atoms with Gasteiger partial charge >= 0.3 is 0 Å². The van der Waals surface area contributed by atoms with Crippen LogP contribution in [0.15, 0.2) is 0 Å². The molecule has 0 amide bonds. The number of aryl methyl sites for hydroxylation is 1. The van der Waals surface area contributed by atoms with Crippen LogP contribution in [0.4, 0.5) is 0 Å². The van der Waals surface area contributed by atoms with Crippen LogP contribution in [0, 0.1) is 0 Å². The summed E-state index contributed by atoms with van der Waals surface area (Å²) < 4.78 is 13.8. The zero-order valence-corrected chi connectivity index (χ0v) is 12.3. The Balaban J connectivity index is 2.15. The molecule has 1 aromatic rings. The fourth-order valence-electron chi connectivity index (χ4n) is 2.44. The molecule has 5 heteroatoms. The van der Waals surface area contributed by atoms with E-state index in [2.05, 4.69) is 23.7 Å². The zero-order valence-electron chi connectivity index (χ0n) is 11.5. The second-order valence-corrected chi connectivity index (χ2v) is 6.75. The summed E-state index contributed by atoms with van der Waals surface area (Å²) in [6.07, 6.45) is 4.79. The Morgan fingerprint density at radius 3 is 3.00 bits per heavy atom. The predicted octanol–water partition coefficient (Wildman–Crippen LogP) is 1.25. The van der Waals surface area contributed by atoms with Crippen molar-refractivity contribution >= 4 is 10.8 Å². The van der Waals surface area contributed by atoms with Gasteiger partial charge in [0.25, 0.3) is 0 Å². The molecule has 102 valence electrons. The van der Waals surface area contributed by atoms with Gasteiger partial charge < -0.3 is 9.88 Å². The molecule has 18 heavy (non-hydrogen) atoms. The standard InChI is InChI=1S/C13H23N3OS/c1-4-13-15-11-9-14-7-5-12(11)16(13)8-6-10(2)18(3)17/h10,14H,4-9H2,1-3H3. The smallest absolute Gasteiger partial charge is 0.108 e. The number of imidazole rings is 1. The Bertz CT molecular complexity index is 442. The molecule has 2 atom stereocenters. The maximum Gasteiger partial charge on any atom is 0.108 e. The highest BCUT2D eigenvalue weighted by Gasteiger charge is 2.19. The molecule has 0 bridgehead atoms. The first-order chi connectivity index (χ1) is 8.63. The number of hydrogen-bond acceptors (Lipinski definition) is 3. The van der Waals surface area contributed by atoms with Crippen LogP contribution in [0.3, 0.4) is 0 Å². The lowest BCUT2D eigenvalue weighted by Crippen LogP contribution is -2.25. The average Bonchev–Trinajstić information content (AvgIpc) is 2.73. The van der Waals surface area contributed by atoms with E-state index < -0.39 is 10.8 Å². The summed E-state index contributed by atoms with van der Waals surface area (Å²) >= 11 is 0. The summed E-state index contributed by atoms with van der Waals surface area (Å²) in [5, 5.41) is 3.62. The van der Waals surface area contributed by atoms with E-state index in [0.717, 1.165) is 38.9 Å². The Morgan fingerprint density at radius 2 is 2.33 bits per heavy atom. The van der Waals surface area contributed by atoms with Crippen LogP contribution in [0.5, 0.6) is 0 Å². The van der Waals surface area contributed by atoms with Crippen LogP contribution in [0.25, 0.3) is 0 Å². The Labute approximate surface area is 112 Å². The molecule has 2 rings (SSSR count). The van der Waals surface area contributed by atoms with Gasteiger partial charge in [-0.2, -0.15) is 0 Å². The molecule has 0 saturated heterocycles. The molecule has 2 heterocycles. The quantitative estimate of drug-likeness (QED) is 0.875. The minimum atomic E-state index is -0.728. The summed E-state index contributed by atoms with van der Waals surface area (Å²) in [7, 11) is -0.728. The number of rotatable bonds is 5. The largest absolute Gasteiger partial charge is 0.332 e. The van der Waals surface area contributed by atoms with Crippen molar-refractivity contribution in [2.75, 3.05) is 12.8 Å². The van der Waals surface area contributed by atoms with Gasteiger partial charge in [0, 0.05) is 60.5 Å². The second-order valence-electron chi connectivity index (χ2n) is 4.95. The Hall–Kier alpha value is -0.680. The van der Waals surface area contributed by atoms with Crippen molar-refractivity contribution in [1.82, 2.24) is 14.9 Å². The fourth-order valence-corrected chi connectivity index (χ4v) is 2.87. The van der Waals surface area contributed by atoms with Crippen LogP contribution >= 0.6 is 0 Å². The van der Waals surface area contributed by atoms with E-state index >= 15 is 0 Å². The maximum atomic E-state index is 11.4. The molecule has 4 nitrogen and oxygen atoms in total. The predicted molar refractivity (Wildman–Crippen MR) is 75.2 cm³/mol. The lowest BCUT2D eigenvalue weighted by Gasteiger charge is -2.17. The number of hydrogen-bond donors (Lipinski definition) is 1. The average molecular weight is 269 g/mol. The number of aromatic nitrogens is 2. The van der Waals surface area contributed by atoms with Crippen LogP contribution in [-0.4, -0.2) is 31.8 Å². The van der Waals surface area contributed by atoms with Crippen molar-refractivity contribution in [3.63, 3.8) is 0 Å². The van der Waals surface area contributed by atoms with Gasteiger partial charge in [0.2, 0.25) is 0 Å². The highest BCUT2D eigenvalue weighted by molar-refractivity contribution is 7.84. The minimum Gasteiger partial charge on any atom is -0.332 e. The van der Waals surface area contributed by atoms with Gasteiger partial charge in [-0.3, -0.25) is 4.21 Å². The van der Waals surface area contributed by atoms with Gasteiger partial charge in [0.05, 0.1) is 5.69 Å². The summed E-state index contributed by atoms with van der Waals surface area (Å²) in [6.45, 7) is 7.10. The second kappa shape index (κ2) is 5.97. The summed E-state index contributed by atoms with van der Waals surface area (Å²) in [5.41, 5.74) is 2.60. The molecule has 0 fully saturated rings. The van der Waals surface area contributed by atoms with Crippen molar-refractivity contribution in [1.29, 1.82) is 0 Å². The highest BCUT2D eigenvalue weighted by atomic mass is 32.2. The first-order valence-corrected chi connectivity index (χ1v) is 8.35. The molecular formula is C13H23N3OS. The van der Waals surface area contributed by atoms with E-state index in [9.17, 15) is 4.21 Å². The van der Waals surface area contributed by atoms with Crippen molar-refractivity contribution < 1.29 is 4.21 Å². The van der Waals surface area contributed by atoms with E-state index in [1.54, 1.807) is 6.26 Å². The van der Waals surface area contributed by atoms with Gasteiger partial charge in [0.1, 0.15) is 5.82 Å². The molecule has 0 saturated carbocycles. The molecule has 1 aromatic heterocycles. The molecule has 0 aromatic carbocycles. The van der Waals surface area contributed by atoms with Gasteiger partial charge in [0.15, 0.2) is 0 Å². The van der Waals surface area contributed by atoms with Crippen molar-refractivity contribution in [3.05, 3.63) is 17.2 Å². The van der Waals surface area contributed by atoms with E-state index in [-0.39, 0.29) is 5.25 Å². The van der Waals surface area contributed by atoms with Crippen LogP contribution in [0.1, 0.15) is 37.5 Å². The lowest BCUT2D eigenvalue weighted by atomic mass is 10.2. The fraction of sp³-hybridized carbons (Fsp3) is 0.769. The molecule has 1 aliphatic heterocycles. The molecule has 1 N–H and O–H groups in total. The number of fused-ring (bicyclic) bond motifs is 1. The molecule has 0 aliphatic carbocycles. The molecule has 1 aliphatic rings. The SMILES string of the molecule is CCc1nc2c(n1CCC(C)S(C)=O)CCNC2. The summed E-state index contributed by atoms with van der Waals surface area (Å²) in [5.74, 6) is 1.18. The zero-order chi connectivity index (χ0) is 13.1. The molecule has 2 unspecified atom stereocenters. The minimum absolute atomic E-state index is 0.259. The first-order valence-electron chi connectivity index (χ1n) is 6.73. The maximum absolute atomic E-state index is 11.4. The van der Waals surface area contributed by atoms with E-state index in [4.69, 9.17) is 4.98 Å². The Kier molecular flexibility index (Phi) is 4.56. The van der Waals surface area contributed by atoms with Crippen LogP contribution in [-0.2, 0) is 36.7 Å². The van der Waals surface area contributed by atoms with Crippen LogP contribution in [0.2, 0.25) is 0 Å². The van der Waals surface area contributed by atoms with Crippen molar-refractivity contribution in [2.45, 2.75) is 51.4 Å². The molecular weight excluding hydrogens is 246 g/mol. The van der Waals surface area contributed by atoms with Crippen LogP contribution < -0.4 is 5.32 Å². The van der Waals surface area contributed by atoms with Crippen molar-refractivity contribution in [3.8, 4) is 0 Å². The monoisotopic (exact) mass is 269 g/mol. The van der Waals surface area contributed by atoms with E-state index in [1.165, 1.54) is 17.2 Å². The highest BCUT2D eigenvalue weighted by Crippen LogP contribution is 2.18. The first kappa shape index (κ1) is 13.7. The van der Waals surface area contributed by atoms with Crippen molar-refractivity contribution in [2.24, 2.45) is 0 Å². The van der Waals surface area contributed by atoms with Gasteiger partial charge in [-0.05, 0) is 6.42 Å². The van der Waals surface area contributed by atoms with Gasteiger partial charge in [-0.1, -0.05) is 13.8 Å². The molecule has 0 radical (unpaired) electrons. The third kappa shape index (κ3) is 2.83. The third-order valence-electron chi connectivity index (χ3n) is 3.71.